The Bertz CT molecular complexity index is 526. The number of rotatable bonds is 2. The average molecular weight is 229 g/mol. The van der Waals surface area contributed by atoms with Crippen LogP contribution in [0.2, 0.25) is 0 Å². The summed E-state index contributed by atoms with van der Waals surface area (Å²) >= 11 is 0. The maximum atomic E-state index is 9.56. The monoisotopic (exact) mass is 229 g/mol. The molecule has 2 rings (SSSR count). The van der Waals surface area contributed by atoms with Crippen LogP contribution in [0.4, 0.5) is 5.69 Å². The molecule has 0 heterocycles. The standard InChI is InChI=1S/C15H19NO/c1-15(2,3)10-16-14-6-4-5-11-7-8-12(17)9-13(11)14/h4-9,16-17H,10H2,1-3H3. The number of hydrogen-bond donors (Lipinski definition) is 2. The maximum Gasteiger partial charge on any atom is 0.116 e. The average Bonchev–Trinajstić information content (AvgIpc) is 2.25. The van der Waals surface area contributed by atoms with E-state index in [9.17, 15) is 5.11 Å². The summed E-state index contributed by atoms with van der Waals surface area (Å²) in [7, 11) is 0. The molecule has 0 aliphatic carbocycles. The minimum absolute atomic E-state index is 0.235. The maximum absolute atomic E-state index is 9.56. The van der Waals surface area contributed by atoms with E-state index in [4.69, 9.17) is 0 Å². The highest BCUT2D eigenvalue weighted by Crippen LogP contribution is 2.27. The number of nitrogens with one attached hydrogen (secondary N) is 1. The molecule has 0 aromatic heterocycles. The lowest BCUT2D eigenvalue weighted by Crippen LogP contribution is -2.19. The van der Waals surface area contributed by atoms with Crippen molar-refractivity contribution in [3.05, 3.63) is 36.4 Å². The van der Waals surface area contributed by atoms with Gasteiger partial charge in [0.1, 0.15) is 5.75 Å². The Hall–Kier alpha value is -1.70. The fourth-order valence-electron chi connectivity index (χ4n) is 1.78. The summed E-state index contributed by atoms with van der Waals surface area (Å²) < 4.78 is 0. The number of benzene rings is 2. The molecule has 0 unspecified atom stereocenters. The van der Waals surface area contributed by atoms with Crippen molar-refractivity contribution < 1.29 is 5.11 Å². The lowest BCUT2D eigenvalue weighted by molar-refractivity contribution is 0.443. The van der Waals surface area contributed by atoms with Gasteiger partial charge >= 0.3 is 0 Å². The van der Waals surface area contributed by atoms with E-state index in [2.05, 4.69) is 32.2 Å². The van der Waals surface area contributed by atoms with Crippen molar-refractivity contribution in [2.24, 2.45) is 5.41 Å². The van der Waals surface area contributed by atoms with E-state index < -0.39 is 0 Å². The molecule has 2 nitrogen and oxygen atoms in total. The van der Waals surface area contributed by atoms with Gasteiger partial charge in [0, 0.05) is 17.6 Å². The number of fused-ring (bicyclic) bond motifs is 1. The van der Waals surface area contributed by atoms with E-state index in [1.165, 1.54) is 0 Å². The van der Waals surface area contributed by atoms with Gasteiger partial charge in [0.2, 0.25) is 0 Å². The Morgan fingerprint density at radius 1 is 1.12 bits per heavy atom. The lowest BCUT2D eigenvalue weighted by atomic mass is 9.96. The second-order valence-electron chi connectivity index (χ2n) is 5.63. The highest BCUT2D eigenvalue weighted by Gasteiger charge is 2.10. The van der Waals surface area contributed by atoms with Crippen molar-refractivity contribution >= 4 is 16.5 Å². The third-order valence-corrected chi connectivity index (χ3v) is 2.67. The van der Waals surface area contributed by atoms with Crippen LogP contribution < -0.4 is 5.32 Å². The fourth-order valence-corrected chi connectivity index (χ4v) is 1.78. The minimum Gasteiger partial charge on any atom is -0.508 e. The SMILES string of the molecule is CC(C)(C)CNc1cccc2ccc(O)cc12. The molecule has 0 aliphatic heterocycles. The Labute approximate surface area is 102 Å². The van der Waals surface area contributed by atoms with Crippen LogP contribution in [0.25, 0.3) is 10.8 Å². The van der Waals surface area contributed by atoms with Gasteiger partial charge in [-0.25, -0.2) is 0 Å². The number of anilines is 1. The summed E-state index contributed by atoms with van der Waals surface area (Å²) in [6, 6.07) is 11.6. The van der Waals surface area contributed by atoms with Gasteiger partial charge in [0.15, 0.2) is 0 Å². The van der Waals surface area contributed by atoms with Crippen LogP contribution in [0, 0.1) is 5.41 Å². The Morgan fingerprint density at radius 2 is 1.88 bits per heavy atom. The predicted octanol–water partition coefficient (Wildman–Crippen LogP) is 4.00. The molecule has 2 heteroatoms. The Morgan fingerprint density at radius 3 is 2.59 bits per heavy atom. The lowest BCUT2D eigenvalue weighted by Gasteiger charge is -2.20. The van der Waals surface area contributed by atoms with Crippen LogP contribution in [0.1, 0.15) is 20.8 Å². The van der Waals surface area contributed by atoms with Gasteiger partial charge in [0.05, 0.1) is 0 Å². The Kier molecular flexibility index (Phi) is 2.97. The van der Waals surface area contributed by atoms with Crippen molar-refractivity contribution in [2.75, 3.05) is 11.9 Å². The molecule has 17 heavy (non-hydrogen) atoms. The van der Waals surface area contributed by atoms with Gasteiger partial charge in [-0.15, -0.1) is 0 Å². The van der Waals surface area contributed by atoms with Crippen molar-refractivity contribution in [1.82, 2.24) is 0 Å². The van der Waals surface area contributed by atoms with Crippen molar-refractivity contribution in [2.45, 2.75) is 20.8 Å². The second kappa shape index (κ2) is 4.28. The van der Waals surface area contributed by atoms with E-state index in [1.807, 2.05) is 18.2 Å². The molecule has 2 aromatic carbocycles. The molecule has 0 aliphatic rings. The molecule has 2 N–H and O–H groups in total. The van der Waals surface area contributed by atoms with E-state index in [1.54, 1.807) is 12.1 Å². The zero-order valence-corrected chi connectivity index (χ0v) is 10.6. The van der Waals surface area contributed by atoms with Gasteiger partial charge in [-0.3, -0.25) is 0 Å². The normalized spacial score (nSPS) is 11.7. The number of phenols is 1. The molecular weight excluding hydrogens is 210 g/mol. The van der Waals surface area contributed by atoms with Gasteiger partial charge in [-0.2, -0.15) is 0 Å². The van der Waals surface area contributed by atoms with Crippen LogP contribution >= 0.6 is 0 Å². The summed E-state index contributed by atoms with van der Waals surface area (Å²) in [6.45, 7) is 7.50. The van der Waals surface area contributed by atoms with Gasteiger partial charge in [0.25, 0.3) is 0 Å². The largest absolute Gasteiger partial charge is 0.508 e. The summed E-state index contributed by atoms with van der Waals surface area (Å²) in [5.41, 5.74) is 1.31. The molecule has 90 valence electrons. The van der Waals surface area contributed by atoms with Gasteiger partial charge < -0.3 is 10.4 Å². The molecule has 0 atom stereocenters. The van der Waals surface area contributed by atoms with Gasteiger partial charge in [-0.1, -0.05) is 39.0 Å². The van der Waals surface area contributed by atoms with Crippen LogP contribution in [0.15, 0.2) is 36.4 Å². The predicted molar refractivity (Wildman–Crippen MR) is 73.6 cm³/mol. The molecule has 0 spiro atoms. The van der Waals surface area contributed by atoms with E-state index in [0.717, 1.165) is 23.0 Å². The Balaban J connectivity index is 2.36. The van der Waals surface area contributed by atoms with Crippen LogP contribution in [0.5, 0.6) is 5.75 Å². The van der Waals surface area contributed by atoms with Crippen molar-refractivity contribution in [1.29, 1.82) is 0 Å². The molecule has 0 saturated carbocycles. The number of phenolic OH excluding ortho intramolecular Hbond substituents is 1. The highest BCUT2D eigenvalue weighted by molar-refractivity contribution is 5.94. The first-order chi connectivity index (χ1) is 7.96. The molecule has 0 fully saturated rings. The van der Waals surface area contributed by atoms with Crippen LogP contribution in [-0.2, 0) is 0 Å². The van der Waals surface area contributed by atoms with Crippen molar-refractivity contribution in [3.8, 4) is 5.75 Å². The molecular formula is C15H19NO. The van der Waals surface area contributed by atoms with Gasteiger partial charge in [-0.05, 0) is 29.0 Å². The minimum atomic E-state index is 0.235. The zero-order chi connectivity index (χ0) is 12.5. The van der Waals surface area contributed by atoms with Crippen LogP contribution in [0.3, 0.4) is 0 Å². The highest BCUT2D eigenvalue weighted by atomic mass is 16.3. The molecule has 2 aromatic rings. The first-order valence-electron chi connectivity index (χ1n) is 5.91. The smallest absolute Gasteiger partial charge is 0.116 e. The molecule has 0 radical (unpaired) electrons. The topological polar surface area (TPSA) is 32.3 Å². The zero-order valence-electron chi connectivity index (χ0n) is 10.6. The number of aromatic hydroxyl groups is 1. The number of hydrogen-bond acceptors (Lipinski definition) is 2. The third-order valence-electron chi connectivity index (χ3n) is 2.67. The summed E-state index contributed by atoms with van der Waals surface area (Å²) in [6.07, 6.45) is 0. The summed E-state index contributed by atoms with van der Waals surface area (Å²) in [4.78, 5) is 0. The first kappa shape index (κ1) is 11.8. The van der Waals surface area contributed by atoms with Crippen molar-refractivity contribution in [3.63, 3.8) is 0 Å². The van der Waals surface area contributed by atoms with Crippen LogP contribution in [-0.4, -0.2) is 11.7 Å². The summed E-state index contributed by atoms with van der Waals surface area (Å²) in [5, 5.41) is 15.2. The molecule has 0 amide bonds. The second-order valence-corrected chi connectivity index (χ2v) is 5.63. The molecule has 0 saturated heterocycles. The fraction of sp³-hybridized carbons (Fsp3) is 0.333. The third kappa shape index (κ3) is 2.90. The van der Waals surface area contributed by atoms with E-state index in [-0.39, 0.29) is 5.41 Å². The van der Waals surface area contributed by atoms with E-state index >= 15 is 0 Å². The van der Waals surface area contributed by atoms with E-state index in [0.29, 0.717) is 5.75 Å². The molecule has 0 bridgehead atoms. The quantitative estimate of drug-likeness (QED) is 0.815. The summed E-state index contributed by atoms with van der Waals surface area (Å²) in [5.74, 6) is 0.308. The first-order valence-corrected chi connectivity index (χ1v) is 5.91.